The van der Waals surface area contributed by atoms with Crippen molar-refractivity contribution in [2.75, 3.05) is 5.32 Å². The first-order valence-electron chi connectivity index (χ1n) is 6.96. The number of nitrogens with one attached hydrogen (secondary N) is 1. The molecule has 0 aliphatic carbocycles. The first kappa shape index (κ1) is 15.6. The maximum atomic E-state index is 12.1. The first-order valence-corrected chi connectivity index (χ1v) is 8.16. The van der Waals surface area contributed by atoms with Crippen LogP contribution in [0.25, 0.3) is 10.2 Å². The third-order valence-corrected chi connectivity index (χ3v) is 4.38. The summed E-state index contributed by atoms with van der Waals surface area (Å²) in [5, 5.41) is 3.78. The van der Waals surface area contributed by atoms with Crippen LogP contribution in [-0.4, -0.2) is 20.4 Å². The van der Waals surface area contributed by atoms with Crippen molar-refractivity contribution < 1.29 is 4.79 Å². The van der Waals surface area contributed by atoms with Gasteiger partial charge in [0.05, 0.1) is 16.5 Å². The molecule has 0 spiro atoms. The Morgan fingerprint density at radius 1 is 1.39 bits per heavy atom. The fourth-order valence-electron chi connectivity index (χ4n) is 2.04. The average Bonchev–Trinajstić information content (AvgIpc) is 2.90. The van der Waals surface area contributed by atoms with E-state index in [-0.39, 0.29) is 18.0 Å². The molecule has 2 heterocycles. The number of hydrogen-bond donors (Lipinski definition) is 1. The largest absolute Gasteiger partial charge is 0.300 e. The molecule has 0 fully saturated rings. The first-order chi connectivity index (χ1) is 11.0. The molecule has 3 aromatic rings. The van der Waals surface area contributed by atoms with Crippen LogP contribution < -0.4 is 10.9 Å². The minimum atomic E-state index is -0.330. The summed E-state index contributed by atoms with van der Waals surface area (Å²) >= 11 is 7.26. The van der Waals surface area contributed by atoms with Crippen LogP contribution in [0, 0.1) is 0 Å². The lowest BCUT2D eigenvalue weighted by Gasteiger charge is -2.05. The van der Waals surface area contributed by atoms with Crippen molar-refractivity contribution in [3.8, 4) is 0 Å². The van der Waals surface area contributed by atoms with E-state index in [0.717, 1.165) is 10.2 Å². The number of aromatic nitrogens is 3. The number of aryl methyl sites for hydroxylation is 1. The topological polar surface area (TPSA) is 76.9 Å². The SMILES string of the molecule is CCc1cc(=O)n(CC(=O)Nc2nc3ccc(Cl)cc3s2)cn1. The molecular weight excluding hydrogens is 336 g/mol. The van der Waals surface area contributed by atoms with Gasteiger partial charge < -0.3 is 5.32 Å². The van der Waals surface area contributed by atoms with E-state index in [2.05, 4.69) is 15.3 Å². The van der Waals surface area contributed by atoms with Gasteiger partial charge in [-0.2, -0.15) is 0 Å². The molecule has 8 heteroatoms. The molecule has 2 aromatic heterocycles. The molecule has 0 bridgehead atoms. The zero-order valence-electron chi connectivity index (χ0n) is 12.2. The second-order valence-corrected chi connectivity index (χ2v) is 6.35. The normalized spacial score (nSPS) is 10.9. The van der Waals surface area contributed by atoms with Crippen molar-refractivity contribution in [3.05, 3.63) is 51.7 Å². The van der Waals surface area contributed by atoms with Crippen LogP contribution in [0.5, 0.6) is 0 Å². The Balaban J connectivity index is 1.74. The molecule has 1 N–H and O–H groups in total. The Morgan fingerprint density at radius 2 is 2.22 bits per heavy atom. The van der Waals surface area contributed by atoms with Gasteiger partial charge in [-0.25, -0.2) is 9.97 Å². The summed E-state index contributed by atoms with van der Waals surface area (Å²) in [6, 6.07) is 6.77. The minimum Gasteiger partial charge on any atom is -0.300 e. The third kappa shape index (κ3) is 3.57. The molecule has 3 rings (SSSR count). The molecule has 118 valence electrons. The zero-order valence-corrected chi connectivity index (χ0v) is 13.8. The number of amides is 1. The third-order valence-electron chi connectivity index (χ3n) is 3.21. The predicted octanol–water partition coefficient (Wildman–Crippen LogP) is 2.71. The van der Waals surface area contributed by atoms with Crippen LogP contribution in [0.4, 0.5) is 5.13 Å². The molecular formula is C15H13ClN4O2S. The van der Waals surface area contributed by atoms with Gasteiger partial charge in [-0.1, -0.05) is 29.9 Å². The van der Waals surface area contributed by atoms with E-state index in [9.17, 15) is 9.59 Å². The van der Waals surface area contributed by atoms with Crippen molar-refractivity contribution in [2.24, 2.45) is 0 Å². The lowest BCUT2D eigenvalue weighted by Crippen LogP contribution is -2.27. The van der Waals surface area contributed by atoms with Gasteiger partial charge in [0.1, 0.15) is 6.54 Å². The summed E-state index contributed by atoms with van der Waals surface area (Å²) < 4.78 is 2.15. The van der Waals surface area contributed by atoms with Crippen LogP contribution in [0.3, 0.4) is 0 Å². The van der Waals surface area contributed by atoms with Crippen molar-refractivity contribution >= 4 is 44.2 Å². The van der Waals surface area contributed by atoms with E-state index in [1.165, 1.54) is 28.3 Å². The molecule has 23 heavy (non-hydrogen) atoms. The van der Waals surface area contributed by atoms with E-state index >= 15 is 0 Å². The number of nitrogens with zero attached hydrogens (tertiary/aromatic N) is 3. The summed E-state index contributed by atoms with van der Waals surface area (Å²) in [7, 11) is 0. The Labute approximate surface area is 140 Å². The summed E-state index contributed by atoms with van der Waals surface area (Å²) in [6.07, 6.45) is 2.06. The van der Waals surface area contributed by atoms with Crippen molar-refractivity contribution in [1.82, 2.24) is 14.5 Å². The van der Waals surface area contributed by atoms with Crippen LogP contribution in [-0.2, 0) is 17.8 Å². The van der Waals surface area contributed by atoms with Crippen LogP contribution in [0.15, 0.2) is 35.4 Å². The molecule has 0 aliphatic heterocycles. The molecule has 6 nitrogen and oxygen atoms in total. The molecule has 0 aliphatic rings. The molecule has 0 atom stereocenters. The van der Waals surface area contributed by atoms with Crippen LogP contribution in [0.2, 0.25) is 5.02 Å². The van der Waals surface area contributed by atoms with Gasteiger partial charge >= 0.3 is 0 Å². The average molecular weight is 349 g/mol. The number of anilines is 1. The van der Waals surface area contributed by atoms with Crippen molar-refractivity contribution in [2.45, 2.75) is 19.9 Å². The Kier molecular flexibility index (Phi) is 4.40. The van der Waals surface area contributed by atoms with Crippen molar-refractivity contribution in [1.29, 1.82) is 0 Å². The fraction of sp³-hybridized carbons (Fsp3) is 0.200. The molecule has 1 amide bonds. The van der Waals surface area contributed by atoms with Crippen molar-refractivity contribution in [3.63, 3.8) is 0 Å². The Bertz CT molecular complexity index is 935. The second kappa shape index (κ2) is 6.47. The fourth-order valence-corrected chi connectivity index (χ4v) is 3.20. The highest BCUT2D eigenvalue weighted by atomic mass is 35.5. The Hall–Kier alpha value is -2.25. The van der Waals surface area contributed by atoms with Crippen LogP contribution >= 0.6 is 22.9 Å². The van der Waals surface area contributed by atoms with E-state index < -0.39 is 0 Å². The zero-order chi connectivity index (χ0) is 16.4. The van der Waals surface area contributed by atoms with Gasteiger partial charge in [-0.3, -0.25) is 14.2 Å². The van der Waals surface area contributed by atoms with E-state index in [1.807, 2.05) is 6.92 Å². The van der Waals surface area contributed by atoms with Gasteiger partial charge in [0.25, 0.3) is 5.56 Å². The van der Waals surface area contributed by atoms with E-state index in [1.54, 1.807) is 18.2 Å². The lowest BCUT2D eigenvalue weighted by molar-refractivity contribution is -0.116. The smallest absolute Gasteiger partial charge is 0.253 e. The monoisotopic (exact) mass is 348 g/mol. The highest BCUT2D eigenvalue weighted by Gasteiger charge is 2.10. The summed E-state index contributed by atoms with van der Waals surface area (Å²) in [5.41, 5.74) is 1.22. The number of benzene rings is 1. The molecule has 0 radical (unpaired) electrons. The number of carbonyl (C=O) groups is 1. The number of fused-ring (bicyclic) bond motifs is 1. The predicted molar refractivity (Wildman–Crippen MR) is 91.1 cm³/mol. The standard InChI is InChI=1S/C15H13ClN4O2S/c1-2-10-6-14(22)20(8-17-10)7-13(21)19-15-18-11-4-3-9(16)5-12(11)23-15/h3-6,8H,2,7H2,1H3,(H,18,19,21). The number of halogens is 1. The highest BCUT2D eigenvalue weighted by Crippen LogP contribution is 2.28. The number of thiazole rings is 1. The number of hydrogen-bond acceptors (Lipinski definition) is 5. The summed E-state index contributed by atoms with van der Waals surface area (Å²) in [4.78, 5) is 32.4. The maximum Gasteiger partial charge on any atom is 0.253 e. The summed E-state index contributed by atoms with van der Waals surface area (Å²) in [6.45, 7) is 1.81. The van der Waals surface area contributed by atoms with Gasteiger partial charge in [-0.05, 0) is 24.6 Å². The van der Waals surface area contributed by atoms with Gasteiger partial charge in [-0.15, -0.1) is 0 Å². The highest BCUT2D eigenvalue weighted by molar-refractivity contribution is 7.22. The summed E-state index contributed by atoms with van der Waals surface area (Å²) in [5.74, 6) is -0.330. The number of carbonyl (C=O) groups excluding carboxylic acids is 1. The number of rotatable bonds is 4. The van der Waals surface area contributed by atoms with E-state index in [4.69, 9.17) is 11.6 Å². The molecule has 0 saturated carbocycles. The van der Waals surface area contributed by atoms with Gasteiger partial charge in [0, 0.05) is 16.8 Å². The van der Waals surface area contributed by atoms with E-state index in [0.29, 0.717) is 22.3 Å². The van der Waals surface area contributed by atoms with Crippen LogP contribution in [0.1, 0.15) is 12.6 Å². The van der Waals surface area contributed by atoms with Gasteiger partial charge in [0.2, 0.25) is 5.91 Å². The molecule has 0 saturated heterocycles. The lowest BCUT2D eigenvalue weighted by atomic mass is 10.3. The quantitative estimate of drug-likeness (QED) is 0.786. The Morgan fingerprint density at radius 3 is 2.96 bits per heavy atom. The maximum absolute atomic E-state index is 12.1. The van der Waals surface area contributed by atoms with Gasteiger partial charge in [0.15, 0.2) is 5.13 Å². The second-order valence-electron chi connectivity index (χ2n) is 4.88. The minimum absolute atomic E-state index is 0.105. The molecule has 0 unspecified atom stereocenters. The molecule has 1 aromatic carbocycles.